The summed E-state index contributed by atoms with van der Waals surface area (Å²) >= 11 is 6.69. The summed E-state index contributed by atoms with van der Waals surface area (Å²) in [6.07, 6.45) is 6.00. The van der Waals surface area contributed by atoms with Gasteiger partial charge in [-0.05, 0) is 17.7 Å². The molecule has 2 aromatic rings. The van der Waals surface area contributed by atoms with E-state index < -0.39 is 5.00 Å². The third kappa shape index (κ3) is 1.97. The Hall–Kier alpha value is -1.87. The van der Waals surface area contributed by atoms with Crippen LogP contribution in [0.3, 0.4) is 0 Å². The van der Waals surface area contributed by atoms with Gasteiger partial charge in [0.2, 0.25) is 0 Å². The standard InChI is InChI=1S/C14H12ClN3/c15-14(9-11-5-7-16-8-6-11)13-4-2-1-3-12(13)10-17-18-14/h1-8,10,18H,9H2. The normalized spacial score (nSPS) is 21.2. The van der Waals surface area contributed by atoms with E-state index in [9.17, 15) is 0 Å². The zero-order valence-corrected chi connectivity index (χ0v) is 10.4. The molecule has 1 aliphatic rings. The molecule has 0 saturated heterocycles. The number of rotatable bonds is 2. The van der Waals surface area contributed by atoms with Crippen LogP contribution in [0.2, 0.25) is 0 Å². The Labute approximate surface area is 111 Å². The van der Waals surface area contributed by atoms with E-state index in [2.05, 4.69) is 15.5 Å². The molecule has 0 aliphatic carbocycles. The van der Waals surface area contributed by atoms with Crippen molar-refractivity contribution in [2.45, 2.75) is 11.4 Å². The summed E-state index contributed by atoms with van der Waals surface area (Å²) in [4.78, 5) is 3.32. The highest BCUT2D eigenvalue weighted by molar-refractivity contribution is 6.24. The Morgan fingerprint density at radius 2 is 1.89 bits per heavy atom. The van der Waals surface area contributed by atoms with Gasteiger partial charge in [0.05, 0.1) is 6.21 Å². The molecule has 1 N–H and O–H groups in total. The van der Waals surface area contributed by atoms with Gasteiger partial charge in [0.25, 0.3) is 0 Å². The summed E-state index contributed by atoms with van der Waals surface area (Å²) in [7, 11) is 0. The van der Waals surface area contributed by atoms with Gasteiger partial charge in [-0.25, -0.2) is 0 Å². The highest BCUT2D eigenvalue weighted by Crippen LogP contribution is 2.33. The molecule has 0 amide bonds. The summed E-state index contributed by atoms with van der Waals surface area (Å²) in [6.45, 7) is 0. The fourth-order valence-corrected chi connectivity index (χ4v) is 2.53. The van der Waals surface area contributed by atoms with Crippen molar-refractivity contribution in [2.24, 2.45) is 5.10 Å². The molecule has 4 heteroatoms. The fraction of sp³-hybridized carbons (Fsp3) is 0.143. The molecule has 18 heavy (non-hydrogen) atoms. The van der Waals surface area contributed by atoms with Gasteiger partial charge >= 0.3 is 0 Å². The van der Waals surface area contributed by atoms with Crippen molar-refractivity contribution in [3.8, 4) is 0 Å². The third-order valence-electron chi connectivity index (χ3n) is 3.03. The summed E-state index contributed by atoms with van der Waals surface area (Å²) in [6, 6.07) is 12.0. The lowest BCUT2D eigenvalue weighted by molar-refractivity contribution is 0.480. The molecule has 1 aliphatic heterocycles. The number of aromatic nitrogens is 1. The molecule has 1 atom stereocenters. The van der Waals surface area contributed by atoms with Gasteiger partial charge in [0, 0.05) is 29.9 Å². The second-order valence-corrected chi connectivity index (χ2v) is 4.94. The summed E-state index contributed by atoms with van der Waals surface area (Å²) in [5.41, 5.74) is 6.25. The average molecular weight is 258 g/mol. The third-order valence-corrected chi connectivity index (χ3v) is 3.45. The Morgan fingerprint density at radius 1 is 1.11 bits per heavy atom. The van der Waals surface area contributed by atoms with Crippen LogP contribution in [0.5, 0.6) is 0 Å². The Balaban J connectivity index is 1.99. The number of nitrogens with zero attached hydrogens (tertiary/aromatic N) is 2. The first-order chi connectivity index (χ1) is 8.78. The Bertz CT molecular complexity index is 583. The zero-order chi connectivity index (χ0) is 12.4. The summed E-state index contributed by atoms with van der Waals surface area (Å²) in [5.74, 6) is 0. The van der Waals surface area contributed by atoms with E-state index in [0.717, 1.165) is 16.7 Å². The molecule has 90 valence electrons. The van der Waals surface area contributed by atoms with Gasteiger partial charge < -0.3 is 0 Å². The van der Waals surface area contributed by atoms with E-state index >= 15 is 0 Å². The number of nitrogens with one attached hydrogen (secondary N) is 1. The maximum Gasteiger partial charge on any atom is 0.158 e. The van der Waals surface area contributed by atoms with Crippen LogP contribution in [0.4, 0.5) is 0 Å². The zero-order valence-electron chi connectivity index (χ0n) is 9.68. The van der Waals surface area contributed by atoms with E-state index in [1.807, 2.05) is 36.4 Å². The molecule has 0 spiro atoms. The number of hydrogen-bond acceptors (Lipinski definition) is 3. The number of alkyl halides is 1. The molecule has 1 aromatic carbocycles. The minimum Gasteiger partial charge on any atom is -0.285 e. The molecule has 0 saturated carbocycles. The van der Waals surface area contributed by atoms with E-state index in [0.29, 0.717) is 6.42 Å². The molecule has 1 unspecified atom stereocenters. The van der Waals surface area contributed by atoms with Crippen LogP contribution < -0.4 is 5.43 Å². The van der Waals surface area contributed by atoms with Crippen LogP contribution in [0.15, 0.2) is 53.9 Å². The molecule has 2 heterocycles. The van der Waals surface area contributed by atoms with Gasteiger partial charge in [-0.2, -0.15) is 5.10 Å². The maximum atomic E-state index is 6.69. The van der Waals surface area contributed by atoms with Crippen molar-refractivity contribution in [1.29, 1.82) is 0 Å². The van der Waals surface area contributed by atoms with Crippen LogP contribution in [-0.2, 0) is 11.4 Å². The second-order valence-electron chi connectivity index (χ2n) is 4.29. The van der Waals surface area contributed by atoms with Crippen LogP contribution in [0.1, 0.15) is 16.7 Å². The number of benzene rings is 1. The smallest absolute Gasteiger partial charge is 0.158 e. The molecular weight excluding hydrogens is 246 g/mol. The first-order valence-electron chi connectivity index (χ1n) is 5.75. The lowest BCUT2D eigenvalue weighted by atomic mass is 9.94. The molecule has 0 radical (unpaired) electrons. The lowest BCUT2D eigenvalue weighted by Crippen LogP contribution is -2.39. The average Bonchev–Trinajstić information content (AvgIpc) is 2.40. The van der Waals surface area contributed by atoms with Gasteiger partial charge in [0.15, 0.2) is 5.00 Å². The predicted octanol–water partition coefficient (Wildman–Crippen LogP) is 2.65. The minimum absolute atomic E-state index is 0.658. The van der Waals surface area contributed by atoms with Crippen molar-refractivity contribution in [2.75, 3.05) is 0 Å². The van der Waals surface area contributed by atoms with Crippen molar-refractivity contribution < 1.29 is 0 Å². The number of pyridine rings is 1. The first-order valence-corrected chi connectivity index (χ1v) is 6.13. The van der Waals surface area contributed by atoms with Gasteiger partial charge in [-0.3, -0.25) is 10.4 Å². The fourth-order valence-electron chi connectivity index (χ4n) is 2.15. The van der Waals surface area contributed by atoms with E-state index in [1.165, 1.54) is 0 Å². The quantitative estimate of drug-likeness (QED) is 0.663. The molecule has 3 nitrogen and oxygen atoms in total. The largest absolute Gasteiger partial charge is 0.285 e. The van der Waals surface area contributed by atoms with Crippen molar-refractivity contribution in [1.82, 2.24) is 10.4 Å². The number of hydrogen-bond donors (Lipinski definition) is 1. The molecule has 1 aromatic heterocycles. The van der Waals surface area contributed by atoms with E-state index in [4.69, 9.17) is 11.6 Å². The Kier molecular flexibility index (Phi) is 2.76. The molecular formula is C14H12ClN3. The molecule has 0 fully saturated rings. The van der Waals surface area contributed by atoms with Gasteiger partial charge in [-0.15, -0.1) is 0 Å². The van der Waals surface area contributed by atoms with Gasteiger partial charge in [0.1, 0.15) is 0 Å². The number of fused-ring (bicyclic) bond motifs is 1. The summed E-state index contributed by atoms with van der Waals surface area (Å²) < 4.78 is 0. The highest BCUT2D eigenvalue weighted by atomic mass is 35.5. The second kappa shape index (κ2) is 4.42. The van der Waals surface area contributed by atoms with Crippen molar-refractivity contribution in [3.05, 3.63) is 65.5 Å². The molecule has 0 bridgehead atoms. The lowest BCUT2D eigenvalue weighted by Gasteiger charge is -2.31. The Morgan fingerprint density at radius 3 is 2.72 bits per heavy atom. The maximum absolute atomic E-state index is 6.69. The van der Waals surface area contributed by atoms with Crippen LogP contribution in [0.25, 0.3) is 0 Å². The summed E-state index contributed by atoms with van der Waals surface area (Å²) in [5, 5.41) is 4.15. The van der Waals surface area contributed by atoms with Crippen molar-refractivity contribution in [3.63, 3.8) is 0 Å². The van der Waals surface area contributed by atoms with E-state index in [1.54, 1.807) is 18.6 Å². The van der Waals surface area contributed by atoms with Crippen LogP contribution in [-0.4, -0.2) is 11.2 Å². The van der Waals surface area contributed by atoms with E-state index in [-0.39, 0.29) is 0 Å². The topological polar surface area (TPSA) is 37.3 Å². The number of hydrazone groups is 1. The minimum atomic E-state index is -0.688. The van der Waals surface area contributed by atoms with Crippen LogP contribution >= 0.6 is 11.6 Å². The monoisotopic (exact) mass is 257 g/mol. The first kappa shape index (κ1) is 11.2. The van der Waals surface area contributed by atoms with Crippen LogP contribution in [0, 0.1) is 0 Å². The molecule has 3 rings (SSSR count). The highest BCUT2D eigenvalue weighted by Gasteiger charge is 2.33. The SMILES string of the molecule is ClC1(Cc2ccncc2)NN=Cc2ccccc21. The van der Waals surface area contributed by atoms with Gasteiger partial charge in [-0.1, -0.05) is 35.9 Å². The van der Waals surface area contributed by atoms with Crippen molar-refractivity contribution >= 4 is 17.8 Å². The predicted molar refractivity (Wildman–Crippen MR) is 72.6 cm³/mol. The number of halogens is 1.